The first-order chi connectivity index (χ1) is 12.9. The molecule has 1 amide bonds. The predicted molar refractivity (Wildman–Crippen MR) is 109 cm³/mol. The zero-order valence-electron chi connectivity index (χ0n) is 15.9. The number of anilines is 1. The van der Waals surface area contributed by atoms with Crippen LogP contribution in [0.1, 0.15) is 24.3 Å². The number of hydrogen-bond acceptors (Lipinski definition) is 5. The van der Waals surface area contributed by atoms with Crippen LogP contribution >= 0.6 is 23.7 Å². The van der Waals surface area contributed by atoms with Crippen molar-refractivity contribution < 1.29 is 13.6 Å². The molecule has 0 aliphatic heterocycles. The van der Waals surface area contributed by atoms with Crippen LogP contribution in [0.5, 0.6) is 0 Å². The first-order valence-electron chi connectivity index (χ1n) is 8.72. The molecule has 6 nitrogen and oxygen atoms in total. The lowest BCUT2D eigenvalue weighted by molar-refractivity contribution is 0.0974. The third kappa shape index (κ3) is 4.48. The quantitative estimate of drug-likeness (QED) is 0.574. The lowest BCUT2D eigenvalue weighted by Gasteiger charge is -2.24. The Hall–Kier alpha value is -2.10. The molecule has 28 heavy (non-hydrogen) atoms. The summed E-state index contributed by atoms with van der Waals surface area (Å²) in [6, 6.07) is 3.66. The predicted octanol–water partition coefficient (Wildman–Crippen LogP) is 3.72. The van der Waals surface area contributed by atoms with E-state index in [1.165, 1.54) is 15.6 Å². The third-order valence-electron chi connectivity index (χ3n) is 4.45. The number of likely N-dealkylation sites (N-methyl/N-ethyl adjacent to an activating group) is 1. The molecule has 0 aliphatic rings. The summed E-state index contributed by atoms with van der Waals surface area (Å²) in [7, 11) is 1.68. The highest BCUT2D eigenvalue weighted by atomic mass is 35.5. The van der Waals surface area contributed by atoms with Gasteiger partial charge in [-0.15, -0.1) is 12.4 Å². The second-order valence-electron chi connectivity index (χ2n) is 6.05. The Morgan fingerprint density at radius 3 is 2.54 bits per heavy atom. The Kier molecular flexibility index (Phi) is 7.45. The lowest BCUT2D eigenvalue weighted by atomic mass is 10.3. The number of thiazole rings is 1. The second kappa shape index (κ2) is 9.40. The molecule has 3 aromatic rings. The highest BCUT2D eigenvalue weighted by Gasteiger charge is 2.24. The number of rotatable bonds is 7. The fourth-order valence-corrected chi connectivity index (χ4v) is 3.88. The molecule has 0 saturated heterocycles. The van der Waals surface area contributed by atoms with Gasteiger partial charge in [0.2, 0.25) is 0 Å². The number of nitrogens with zero attached hydrogens (tertiary/aromatic N) is 5. The first-order valence-corrected chi connectivity index (χ1v) is 9.54. The molecule has 0 saturated carbocycles. The summed E-state index contributed by atoms with van der Waals surface area (Å²) in [6.45, 7) is 6.83. The monoisotopic (exact) mass is 429 g/mol. The van der Waals surface area contributed by atoms with Crippen LogP contribution in [-0.4, -0.2) is 51.8 Å². The molecule has 0 N–H and O–H groups in total. The van der Waals surface area contributed by atoms with E-state index in [9.17, 15) is 13.6 Å². The van der Waals surface area contributed by atoms with Crippen molar-refractivity contribution in [3.63, 3.8) is 0 Å². The molecule has 0 fully saturated rings. The van der Waals surface area contributed by atoms with Crippen LogP contribution in [0.3, 0.4) is 0 Å². The van der Waals surface area contributed by atoms with Gasteiger partial charge in [-0.3, -0.25) is 14.4 Å². The van der Waals surface area contributed by atoms with Crippen LogP contribution in [0, 0.1) is 11.6 Å². The highest BCUT2D eigenvalue weighted by Crippen LogP contribution is 2.31. The third-order valence-corrected chi connectivity index (χ3v) is 5.48. The Bertz CT molecular complexity index is 957. The van der Waals surface area contributed by atoms with Gasteiger partial charge < -0.3 is 4.90 Å². The SMILES string of the molecule is CCN(CC)CCN(C(=O)c1ccnn1C)c1nc2c(F)cc(F)cc2s1.Cl. The first kappa shape index (κ1) is 22.2. The molecule has 0 bridgehead atoms. The number of amides is 1. The number of halogens is 3. The highest BCUT2D eigenvalue weighted by molar-refractivity contribution is 7.22. The van der Waals surface area contributed by atoms with Gasteiger partial charge in [0.15, 0.2) is 10.9 Å². The number of carbonyl (C=O) groups is 1. The summed E-state index contributed by atoms with van der Waals surface area (Å²) in [6.07, 6.45) is 1.54. The van der Waals surface area contributed by atoms with Gasteiger partial charge >= 0.3 is 0 Å². The summed E-state index contributed by atoms with van der Waals surface area (Å²) in [4.78, 5) is 21.1. The normalized spacial score (nSPS) is 11.1. The Balaban J connectivity index is 0.00000280. The molecule has 3 rings (SSSR count). The molecular formula is C18H22ClF2N5OS. The average Bonchev–Trinajstić information content (AvgIpc) is 3.24. The maximum Gasteiger partial charge on any atom is 0.278 e. The molecule has 2 aromatic heterocycles. The van der Waals surface area contributed by atoms with Gasteiger partial charge in [0.1, 0.15) is 17.0 Å². The Morgan fingerprint density at radius 2 is 1.93 bits per heavy atom. The Labute approximate surface area is 172 Å². The standard InChI is InChI=1S/C18H21F2N5OS.ClH/c1-4-24(5-2)8-9-25(17(26)14-6-7-21-23(14)3)18-22-16-13(20)10-12(19)11-15(16)27-18;/h6-7,10-11H,4-5,8-9H2,1-3H3;1H. The molecule has 1 aromatic carbocycles. The summed E-state index contributed by atoms with van der Waals surface area (Å²) in [5.74, 6) is -1.67. The van der Waals surface area contributed by atoms with E-state index in [4.69, 9.17) is 0 Å². The van der Waals surface area contributed by atoms with Crippen molar-refractivity contribution >= 4 is 45.0 Å². The molecule has 10 heteroatoms. The molecule has 0 unspecified atom stereocenters. The van der Waals surface area contributed by atoms with Gasteiger partial charge in [-0.25, -0.2) is 13.8 Å². The number of carbonyl (C=O) groups excluding carboxylic acids is 1. The topological polar surface area (TPSA) is 54.3 Å². The largest absolute Gasteiger partial charge is 0.302 e. The van der Waals surface area contributed by atoms with Crippen LogP contribution in [0.2, 0.25) is 0 Å². The maximum atomic E-state index is 14.1. The molecule has 2 heterocycles. The summed E-state index contributed by atoms with van der Waals surface area (Å²) in [5, 5.41) is 4.38. The van der Waals surface area contributed by atoms with Gasteiger partial charge in [-0.2, -0.15) is 5.10 Å². The van der Waals surface area contributed by atoms with Crippen molar-refractivity contribution in [2.45, 2.75) is 13.8 Å². The van der Waals surface area contributed by atoms with Crippen LogP contribution in [0.25, 0.3) is 10.2 Å². The summed E-state index contributed by atoms with van der Waals surface area (Å²) in [5.41, 5.74) is 0.475. The van der Waals surface area contributed by atoms with Crippen LogP contribution in [-0.2, 0) is 7.05 Å². The van der Waals surface area contributed by atoms with Gasteiger partial charge in [0, 0.05) is 32.4 Å². The smallest absolute Gasteiger partial charge is 0.278 e. The molecule has 0 radical (unpaired) electrons. The minimum absolute atomic E-state index is 0. The van der Waals surface area contributed by atoms with Crippen molar-refractivity contribution in [1.29, 1.82) is 0 Å². The fraction of sp³-hybridized carbons (Fsp3) is 0.389. The number of benzene rings is 1. The van der Waals surface area contributed by atoms with Gasteiger partial charge in [-0.05, 0) is 25.2 Å². The van der Waals surface area contributed by atoms with E-state index in [0.29, 0.717) is 28.6 Å². The van der Waals surface area contributed by atoms with E-state index in [1.54, 1.807) is 19.3 Å². The summed E-state index contributed by atoms with van der Waals surface area (Å²) >= 11 is 1.10. The van der Waals surface area contributed by atoms with Crippen molar-refractivity contribution in [2.75, 3.05) is 31.1 Å². The molecule has 0 spiro atoms. The van der Waals surface area contributed by atoms with Crippen molar-refractivity contribution in [1.82, 2.24) is 19.7 Å². The molecular weight excluding hydrogens is 408 g/mol. The van der Waals surface area contributed by atoms with E-state index < -0.39 is 11.6 Å². The van der Waals surface area contributed by atoms with Crippen LogP contribution in [0.4, 0.5) is 13.9 Å². The van der Waals surface area contributed by atoms with Crippen molar-refractivity contribution in [3.05, 3.63) is 41.7 Å². The van der Waals surface area contributed by atoms with E-state index in [2.05, 4.69) is 15.0 Å². The molecule has 0 aliphatic carbocycles. The van der Waals surface area contributed by atoms with Crippen molar-refractivity contribution in [2.24, 2.45) is 7.05 Å². The average molecular weight is 430 g/mol. The molecule has 0 atom stereocenters. The second-order valence-corrected chi connectivity index (χ2v) is 7.06. The van der Waals surface area contributed by atoms with E-state index in [-0.39, 0.29) is 23.8 Å². The van der Waals surface area contributed by atoms with Gasteiger partial charge in [-0.1, -0.05) is 25.2 Å². The fourth-order valence-electron chi connectivity index (χ4n) is 2.85. The zero-order chi connectivity index (χ0) is 19.6. The van der Waals surface area contributed by atoms with Gasteiger partial charge in [0.05, 0.1) is 4.70 Å². The van der Waals surface area contributed by atoms with Crippen LogP contribution < -0.4 is 4.90 Å². The minimum Gasteiger partial charge on any atom is -0.302 e. The van der Waals surface area contributed by atoms with Crippen LogP contribution in [0.15, 0.2) is 24.4 Å². The van der Waals surface area contributed by atoms with Gasteiger partial charge in [0.25, 0.3) is 5.91 Å². The zero-order valence-corrected chi connectivity index (χ0v) is 17.5. The Morgan fingerprint density at radius 1 is 1.21 bits per heavy atom. The van der Waals surface area contributed by atoms with Crippen molar-refractivity contribution in [3.8, 4) is 0 Å². The van der Waals surface area contributed by atoms with E-state index >= 15 is 0 Å². The number of aromatic nitrogens is 3. The number of hydrogen-bond donors (Lipinski definition) is 0. The molecule has 152 valence electrons. The van der Waals surface area contributed by atoms with E-state index in [1.807, 2.05) is 13.8 Å². The lowest BCUT2D eigenvalue weighted by Crippen LogP contribution is -2.39. The summed E-state index contributed by atoms with van der Waals surface area (Å²) < 4.78 is 29.4. The maximum absolute atomic E-state index is 14.1. The number of aryl methyl sites for hydroxylation is 1. The number of fused-ring (bicyclic) bond motifs is 1. The van der Waals surface area contributed by atoms with E-state index in [0.717, 1.165) is 30.5 Å². The minimum atomic E-state index is -0.732.